The summed E-state index contributed by atoms with van der Waals surface area (Å²) >= 11 is 0. The number of nitrogens with zero attached hydrogens (tertiary/aromatic N) is 1. The van der Waals surface area contributed by atoms with Crippen LogP contribution < -0.4 is 10.2 Å². The molecule has 1 aromatic rings. The lowest BCUT2D eigenvalue weighted by Gasteiger charge is -2.35. The predicted molar refractivity (Wildman–Crippen MR) is 74.0 cm³/mol. The molecule has 2 saturated heterocycles. The molecule has 2 fully saturated rings. The first-order valence-electron chi connectivity index (χ1n) is 6.94. The molecule has 2 bridgehead atoms. The molecule has 2 aliphatic rings. The van der Waals surface area contributed by atoms with Crippen LogP contribution in [0.5, 0.6) is 0 Å². The summed E-state index contributed by atoms with van der Waals surface area (Å²) in [4.78, 5) is 2.51. The van der Waals surface area contributed by atoms with Crippen molar-refractivity contribution in [1.29, 1.82) is 0 Å². The lowest BCUT2D eigenvalue weighted by molar-refractivity contribution is 0.0304. The van der Waals surface area contributed by atoms with Crippen molar-refractivity contribution in [3.05, 3.63) is 29.8 Å². The summed E-state index contributed by atoms with van der Waals surface area (Å²) in [5.41, 5.74) is 2.76. The van der Waals surface area contributed by atoms with Gasteiger partial charge in [0, 0.05) is 24.8 Å². The predicted octanol–water partition coefficient (Wildman–Crippen LogP) is 2.33. The van der Waals surface area contributed by atoms with Gasteiger partial charge in [-0.15, -0.1) is 0 Å². The summed E-state index contributed by atoms with van der Waals surface area (Å²) in [6.45, 7) is 4.31. The van der Waals surface area contributed by atoms with E-state index in [4.69, 9.17) is 4.74 Å². The van der Waals surface area contributed by atoms with E-state index in [1.807, 2.05) is 7.05 Å². The third-order valence-electron chi connectivity index (χ3n) is 4.22. The van der Waals surface area contributed by atoms with Crippen LogP contribution in [0.3, 0.4) is 0 Å². The number of para-hydroxylation sites is 1. The van der Waals surface area contributed by atoms with Crippen molar-refractivity contribution in [1.82, 2.24) is 5.32 Å². The summed E-state index contributed by atoms with van der Waals surface area (Å²) in [7, 11) is 2.02. The topological polar surface area (TPSA) is 24.5 Å². The highest BCUT2D eigenvalue weighted by molar-refractivity contribution is 5.55. The van der Waals surface area contributed by atoms with Gasteiger partial charge in [0.2, 0.25) is 0 Å². The van der Waals surface area contributed by atoms with E-state index in [1.165, 1.54) is 24.1 Å². The average Bonchev–Trinajstić information content (AvgIpc) is 2.76. The Balaban J connectivity index is 1.87. The fraction of sp³-hybridized carbons (Fsp3) is 0.600. The number of rotatable bonds is 3. The molecule has 3 rings (SSSR count). The molecule has 98 valence electrons. The largest absolute Gasteiger partial charge is 0.371 e. The second-order valence-corrected chi connectivity index (χ2v) is 5.43. The van der Waals surface area contributed by atoms with Crippen molar-refractivity contribution in [2.24, 2.45) is 0 Å². The minimum absolute atomic E-state index is 0.390. The second-order valence-electron chi connectivity index (χ2n) is 5.43. The first-order chi connectivity index (χ1) is 8.78. The zero-order valence-electron chi connectivity index (χ0n) is 11.2. The minimum atomic E-state index is 0.390. The van der Waals surface area contributed by atoms with Crippen LogP contribution >= 0.6 is 0 Å². The maximum atomic E-state index is 5.92. The molecule has 0 amide bonds. The standard InChI is InChI=1S/C15H22N2O/c1-11(16-2)14-5-3-4-6-15(14)17-9-12-7-8-13(10-17)18-12/h3-6,11-13,16H,7-10H2,1-2H3. The third-order valence-corrected chi connectivity index (χ3v) is 4.22. The Hall–Kier alpha value is -1.06. The zero-order valence-corrected chi connectivity index (χ0v) is 11.2. The number of anilines is 1. The molecule has 0 spiro atoms. The Kier molecular flexibility index (Phi) is 3.27. The van der Waals surface area contributed by atoms with Crippen LogP contribution in [-0.4, -0.2) is 32.3 Å². The quantitative estimate of drug-likeness (QED) is 0.886. The minimum Gasteiger partial charge on any atom is -0.371 e. The number of benzene rings is 1. The smallest absolute Gasteiger partial charge is 0.0755 e. The molecule has 0 aliphatic carbocycles. The molecule has 2 aliphatic heterocycles. The Morgan fingerprint density at radius 2 is 1.89 bits per heavy atom. The lowest BCUT2D eigenvalue weighted by Crippen LogP contribution is -2.43. The molecule has 18 heavy (non-hydrogen) atoms. The highest BCUT2D eigenvalue weighted by Crippen LogP contribution is 2.33. The molecule has 0 aromatic heterocycles. The maximum absolute atomic E-state index is 5.92. The maximum Gasteiger partial charge on any atom is 0.0755 e. The number of ether oxygens (including phenoxy) is 1. The van der Waals surface area contributed by atoms with Gasteiger partial charge in [-0.25, -0.2) is 0 Å². The summed E-state index contributed by atoms with van der Waals surface area (Å²) in [6.07, 6.45) is 3.35. The number of morpholine rings is 1. The van der Waals surface area contributed by atoms with Gasteiger partial charge >= 0.3 is 0 Å². The van der Waals surface area contributed by atoms with Crippen molar-refractivity contribution in [3.8, 4) is 0 Å². The van der Waals surface area contributed by atoms with Gasteiger partial charge in [0.25, 0.3) is 0 Å². The SMILES string of the molecule is CNC(C)c1ccccc1N1CC2CCC(C1)O2. The molecule has 3 nitrogen and oxygen atoms in total. The fourth-order valence-electron chi connectivity index (χ4n) is 3.11. The van der Waals surface area contributed by atoms with E-state index in [0.29, 0.717) is 18.2 Å². The second kappa shape index (κ2) is 4.90. The average molecular weight is 246 g/mol. The van der Waals surface area contributed by atoms with Crippen molar-refractivity contribution < 1.29 is 4.74 Å². The van der Waals surface area contributed by atoms with E-state index < -0.39 is 0 Å². The highest BCUT2D eigenvalue weighted by Gasteiger charge is 2.34. The molecular formula is C15H22N2O. The van der Waals surface area contributed by atoms with Gasteiger partial charge in [0.15, 0.2) is 0 Å². The van der Waals surface area contributed by atoms with Crippen LogP contribution in [0.2, 0.25) is 0 Å². The molecule has 1 N–H and O–H groups in total. The van der Waals surface area contributed by atoms with Crippen molar-refractivity contribution >= 4 is 5.69 Å². The number of nitrogens with one attached hydrogen (secondary N) is 1. The number of hydrogen-bond acceptors (Lipinski definition) is 3. The Morgan fingerprint density at radius 1 is 1.22 bits per heavy atom. The molecule has 3 atom stereocenters. The Labute approximate surface area is 109 Å². The van der Waals surface area contributed by atoms with Gasteiger partial charge in [0.05, 0.1) is 12.2 Å². The summed E-state index contributed by atoms with van der Waals surface area (Å²) in [5.74, 6) is 0. The van der Waals surface area contributed by atoms with Gasteiger partial charge in [-0.2, -0.15) is 0 Å². The Morgan fingerprint density at radius 3 is 2.56 bits per heavy atom. The van der Waals surface area contributed by atoms with Crippen molar-refractivity contribution in [3.63, 3.8) is 0 Å². The van der Waals surface area contributed by atoms with Crippen LogP contribution in [0, 0.1) is 0 Å². The first kappa shape index (κ1) is 12.0. The van der Waals surface area contributed by atoms with Crippen LogP contribution in [0.1, 0.15) is 31.4 Å². The Bertz CT molecular complexity index is 409. The molecule has 0 saturated carbocycles. The molecule has 3 unspecified atom stereocenters. The first-order valence-corrected chi connectivity index (χ1v) is 6.94. The van der Waals surface area contributed by atoms with E-state index in [-0.39, 0.29) is 0 Å². The van der Waals surface area contributed by atoms with E-state index in [0.717, 1.165) is 13.1 Å². The van der Waals surface area contributed by atoms with E-state index in [1.54, 1.807) is 0 Å². The van der Waals surface area contributed by atoms with Crippen LogP contribution in [0.15, 0.2) is 24.3 Å². The fourth-order valence-corrected chi connectivity index (χ4v) is 3.11. The van der Waals surface area contributed by atoms with E-state index in [2.05, 4.69) is 41.4 Å². The molecule has 0 radical (unpaired) electrons. The van der Waals surface area contributed by atoms with Crippen molar-refractivity contribution in [2.75, 3.05) is 25.0 Å². The summed E-state index contributed by atoms with van der Waals surface area (Å²) in [6, 6.07) is 9.13. The number of fused-ring (bicyclic) bond motifs is 2. The molecule has 2 heterocycles. The van der Waals surface area contributed by atoms with Gasteiger partial charge < -0.3 is 15.0 Å². The van der Waals surface area contributed by atoms with Crippen LogP contribution in [0.25, 0.3) is 0 Å². The molecule has 3 heteroatoms. The molecular weight excluding hydrogens is 224 g/mol. The number of hydrogen-bond donors (Lipinski definition) is 1. The normalized spacial score (nSPS) is 28.4. The summed E-state index contributed by atoms with van der Waals surface area (Å²) in [5, 5.41) is 3.34. The van der Waals surface area contributed by atoms with Crippen LogP contribution in [-0.2, 0) is 4.74 Å². The van der Waals surface area contributed by atoms with Gasteiger partial charge in [-0.05, 0) is 38.4 Å². The van der Waals surface area contributed by atoms with Crippen LogP contribution in [0.4, 0.5) is 5.69 Å². The van der Waals surface area contributed by atoms with E-state index >= 15 is 0 Å². The monoisotopic (exact) mass is 246 g/mol. The van der Waals surface area contributed by atoms with Gasteiger partial charge in [-0.3, -0.25) is 0 Å². The van der Waals surface area contributed by atoms with Gasteiger partial charge in [-0.1, -0.05) is 18.2 Å². The lowest BCUT2D eigenvalue weighted by atomic mass is 10.0. The zero-order chi connectivity index (χ0) is 12.5. The van der Waals surface area contributed by atoms with E-state index in [9.17, 15) is 0 Å². The van der Waals surface area contributed by atoms with Gasteiger partial charge in [0.1, 0.15) is 0 Å². The highest BCUT2D eigenvalue weighted by atomic mass is 16.5. The third kappa shape index (κ3) is 2.13. The van der Waals surface area contributed by atoms with Crippen molar-refractivity contribution in [2.45, 2.75) is 38.0 Å². The molecule has 1 aromatic carbocycles. The summed E-state index contributed by atoms with van der Waals surface area (Å²) < 4.78 is 5.92.